The molecular weight excluding hydrogens is 449 g/mol. The second kappa shape index (κ2) is 9.52. The van der Waals surface area contributed by atoms with Gasteiger partial charge in [0.05, 0.1) is 19.1 Å². The summed E-state index contributed by atoms with van der Waals surface area (Å²) in [7, 11) is -0.763. The minimum Gasteiger partial charge on any atom is -0.493 e. The summed E-state index contributed by atoms with van der Waals surface area (Å²) in [4.78, 5) is 0.156. The molecule has 2 aromatic carbocycles. The van der Waals surface area contributed by atoms with Gasteiger partial charge in [0.1, 0.15) is 6.10 Å². The average molecular weight is 469 g/mol. The van der Waals surface area contributed by atoms with Gasteiger partial charge in [-0.2, -0.15) is 0 Å². The lowest BCUT2D eigenvalue weighted by Crippen LogP contribution is -2.27. The summed E-state index contributed by atoms with van der Waals surface area (Å²) >= 11 is 17.5. The van der Waals surface area contributed by atoms with Gasteiger partial charge in [0.25, 0.3) is 0 Å². The molecule has 0 saturated carbocycles. The number of sulfonamides is 1. The van der Waals surface area contributed by atoms with Crippen molar-refractivity contribution >= 4 is 44.8 Å². The molecule has 0 fully saturated rings. The van der Waals surface area contributed by atoms with Crippen molar-refractivity contribution in [3.05, 3.63) is 53.6 Å². The zero-order valence-electron chi connectivity index (χ0n) is 15.2. The Labute approximate surface area is 179 Å². The number of hydrogen-bond donors (Lipinski definition) is 2. The quantitative estimate of drug-likeness (QED) is 0.578. The van der Waals surface area contributed by atoms with Gasteiger partial charge in [-0.15, -0.1) is 0 Å². The first-order chi connectivity index (χ1) is 13.1. The standard InChI is InChI=1S/C18H20Cl3NO5S/c1-26-15-10-12(14(11-16(15)27-2)17(23)18(19,20)21)8-9-22-28(24,25)13-6-4-3-5-7-13/h3-7,10-11,17,22-23H,8-9H2,1-2H3. The average Bonchev–Trinajstić information content (AvgIpc) is 2.66. The van der Waals surface area contributed by atoms with Gasteiger partial charge in [0.2, 0.25) is 13.8 Å². The molecule has 2 aromatic rings. The van der Waals surface area contributed by atoms with Crippen LogP contribution in [0.5, 0.6) is 11.5 Å². The van der Waals surface area contributed by atoms with E-state index in [2.05, 4.69) is 4.72 Å². The number of ether oxygens (including phenoxy) is 2. The van der Waals surface area contributed by atoms with Crippen molar-refractivity contribution in [1.29, 1.82) is 0 Å². The maximum atomic E-state index is 12.4. The van der Waals surface area contributed by atoms with Crippen molar-refractivity contribution in [2.24, 2.45) is 0 Å². The summed E-state index contributed by atoms with van der Waals surface area (Å²) < 4.78 is 35.8. The largest absolute Gasteiger partial charge is 0.493 e. The van der Waals surface area contributed by atoms with Crippen molar-refractivity contribution in [1.82, 2.24) is 4.72 Å². The van der Waals surface area contributed by atoms with E-state index in [1.54, 1.807) is 24.3 Å². The third kappa shape index (κ3) is 5.65. The highest BCUT2D eigenvalue weighted by Gasteiger charge is 2.34. The minimum atomic E-state index is -3.67. The van der Waals surface area contributed by atoms with E-state index < -0.39 is 19.9 Å². The molecule has 0 radical (unpaired) electrons. The molecule has 154 valence electrons. The van der Waals surface area contributed by atoms with Gasteiger partial charge in [0.15, 0.2) is 11.5 Å². The SMILES string of the molecule is COc1cc(CCNS(=O)(=O)c2ccccc2)c(C(O)C(Cl)(Cl)Cl)cc1OC. The molecule has 0 saturated heterocycles. The number of aliphatic hydroxyl groups excluding tert-OH is 1. The fourth-order valence-corrected chi connectivity index (χ4v) is 3.99. The monoisotopic (exact) mass is 467 g/mol. The summed E-state index contributed by atoms with van der Waals surface area (Å²) in [5, 5.41) is 10.4. The van der Waals surface area contributed by atoms with E-state index in [1.165, 1.54) is 32.4 Å². The van der Waals surface area contributed by atoms with E-state index in [9.17, 15) is 13.5 Å². The first kappa shape index (κ1) is 23.1. The first-order valence-electron chi connectivity index (χ1n) is 8.14. The summed E-state index contributed by atoms with van der Waals surface area (Å²) in [5.74, 6) is 0.753. The predicted octanol–water partition coefficient (Wildman–Crippen LogP) is 3.63. The van der Waals surface area contributed by atoms with E-state index in [0.717, 1.165) is 0 Å². The molecule has 6 nitrogen and oxygen atoms in total. The van der Waals surface area contributed by atoms with E-state index >= 15 is 0 Å². The number of nitrogens with one attached hydrogen (secondary N) is 1. The maximum Gasteiger partial charge on any atom is 0.240 e. The van der Waals surface area contributed by atoms with E-state index in [4.69, 9.17) is 44.3 Å². The molecule has 0 spiro atoms. The topological polar surface area (TPSA) is 84.9 Å². The third-order valence-electron chi connectivity index (χ3n) is 3.99. The van der Waals surface area contributed by atoms with Crippen LogP contribution in [0.2, 0.25) is 0 Å². The first-order valence-corrected chi connectivity index (χ1v) is 10.8. The molecule has 1 atom stereocenters. The maximum absolute atomic E-state index is 12.4. The molecule has 28 heavy (non-hydrogen) atoms. The zero-order valence-corrected chi connectivity index (χ0v) is 18.2. The van der Waals surface area contributed by atoms with Crippen molar-refractivity contribution in [2.45, 2.75) is 21.2 Å². The smallest absolute Gasteiger partial charge is 0.240 e. The van der Waals surface area contributed by atoms with Crippen LogP contribution < -0.4 is 14.2 Å². The molecule has 0 aliphatic rings. The van der Waals surface area contributed by atoms with Crippen LogP contribution in [-0.4, -0.2) is 38.1 Å². The molecule has 0 heterocycles. The number of halogens is 3. The molecule has 10 heteroatoms. The Kier molecular flexibility index (Phi) is 7.84. The van der Waals surface area contributed by atoms with E-state index in [1.807, 2.05) is 0 Å². The Balaban J connectivity index is 2.28. The Morgan fingerprint density at radius 2 is 1.64 bits per heavy atom. The molecule has 0 bridgehead atoms. The van der Waals surface area contributed by atoms with Gasteiger partial charge in [-0.1, -0.05) is 53.0 Å². The van der Waals surface area contributed by atoms with Crippen LogP contribution in [0, 0.1) is 0 Å². The van der Waals surface area contributed by atoms with Crippen LogP contribution in [0.3, 0.4) is 0 Å². The lowest BCUT2D eigenvalue weighted by Gasteiger charge is -2.23. The molecule has 0 aliphatic heterocycles. The van der Waals surface area contributed by atoms with Crippen molar-refractivity contribution in [3.63, 3.8) is 0 Å². The van der Waals surface area contributed by atoms with E-state index in [-0.39, 0.29) is 17.9 Å². The van der Waals surface area contributed by atoms with Crippen LogP contribution in [-0.2, 0) is 16.4 Å². The van der Waals surface area contributed by atoms with Crippen LogP contribution >= 0.6 is 34.8 Å². The Morgan fingerprint density at radius 3 is 2.18 bits per heavy atom. The number of hydrogen-bond acceptors (Lipinski definition) is 5. The van der Waals surface area contributed by atoms with Gasteiger partial charge in [-0.25, -0.2) is 13.1 Å². The van der Waals surface area contributed by atoms with Crippen LogP contribution in [0.1, 0.15) is 17.2 Å². The van der Waals surface area contributed by atoms with Gasteiger partial charge in [-0.3, -0.25) is 0 Å². The molecular formula is C18H20Cl3NO5S. The Hall–Kier alpha value is -1.22. The molecule has 0 aliphatic carbocycles. The van der Waals surface area contributed by atoms with Crippen molar-refractivity contribution < 1.29 is 23.0 Å². The summed E-state index contributed by atoms with van der Waals surface area (Å²) in [6.07, 6.45) is -1.22. The van der Waals surface area contributed by atoms with Crippen LogP contribution in [0.15, 0.2) is 47.4 Å². The number of alkyl halides is 3. The second-order valence-corrected chi connectivity index (χ2v) is 9.95. The normalized spacial score (nSPS) is 13.2. The molecule has 1 unspecified atom stereocenters. The van der Waals surface area contributed by atoms with Gasteiger partial charge >= 0.3 is 0 Å². The summed E-state index contributed by atoms with van der Waals surface area (Å²) in [6, 6.07) is 11.1. The number of aliphatic hydroxyl groups is 1. The highest BCUT2D eigenvalue weighted by atomic mass is 35.6. The van der Waals surface area contributed by atoms with Gasteiger partial charge in [0, 0.05) is 6.54 Å². The van der Waals surface area contributed by atoms with Gasteiger partial charge < -0.3 is 14.6 Å². The number of rotatable bonds is 8. The highest BCUT2D eigenvalue weighted by Crippen LogP contribution is 2.43. The zero-order chi connectivity index (χ0) is 20.9. The second-order valence-electron chi connectivity index (χ2n) is 5.81. The van der Waals surface area contributed by atoms with Gasteiger partial charge in [-0.05, 0) is 41.8 Å². The summed E-state index contributed by atoms with van der Waals surface area (Å²) in [6.45, 7) is 0.0618. The van der Waals surface area contributed by atoms with Crippen LogP contribution in [0.25, 0.3) is 0 Å². The number of methoxy groups -OCH3 is 2. The minimum absolute atomic E-state index is 0.0618. The Morgan fingerprint density at radius 1 is 1.07 bits per heavy atom. The van der Waals surface area contributed by atoms with Crippen molar-refractivity contribution in [2.75, 3.05) is 20.8 Å². The lowest BCUT2D eigenvalue weighted by molar-refractivity contribution is 0.180. The number of benzene rings is 2. The molecule has 2 N–H and O–H groups in total. The predicted molar refractivity (Wildman–Crippen MR) is 110 cm³/mol. The van der Waals surface area contributed by atoms with E-state index in [0.29, 0.717) is 22.6 Å². The third-order valence-corrected chi connectivity index (χ3v) is 6.09. The fourth-order valence-electron chi connectivity index (χ4n) is 2.59. The summed E-state index contributed by atoms with van der Waals surface area (Å²) in [5.41, 5.74) is 0.851. The van der Waals surface area contributed by atoms with Crippen LogP contribution in [0.4, 0.5) is 0 Å². The molecule has 0 amide bonds. The molecule has 0 aromatic heterocycles. The highest BCUT2D eigenvalue weighted by molar-refractivity contribution is 7.89. The Bertz CT molecular complexity index is 901. The lowest BCUT2D eigenvalue weighted by atomic mass is 9.99. The van der Waals surface area contributed by atoms with Crippen molar-refractivity contribution in [3.8, 4) is 11.5 Å². The fraction of sp³-hybridized carbons (Fsp3) is 0.333. The molecule has 2 rings (SSSR count).